The second-order valence-electron chi connectivity index (χ2n) is 7.67. The summed E-state index contributed by atoms with van der Waals surface area (Å²) in [6.45, 7) is 10.9. The number of halogens is 2. The average molecular weight is 446 g/mol. The lowest BCUT2D eigenvalue weighted by Gasteiger charge is -2.20. The van der Waals surface area contributed by atoms with Gasteiger partial charge in [0.05, 0.1) is 18.8 Å². The minimum absolute atomic E-state index is 0.0274. The van der Waals surface area contributed by atoms with Gasteiger partial charge in [-0.3, -0.25) is 4.79 Å². The number of aryl methyl sites for hydroxylation is 1. The Balaban J connectivity index is 1.90. The number of aromatic nitrogens is 4. The zero-order chi connectivity index (χ0) is 22.0. The smallest absolute Gasteiger partial charge is 0.161 e. The molecule has 0 bridgehead atoms. The molecule has 0 unspecified atom stereocenters. The second kappa shape index (κ2) is 9.14. The Hall–Kier alpha value is -2.44. The van der Waals surface area contributed by atoms with Crippen molar-refractivity contribution >= 4 is 45.8 Å². The molecule has 0 N–H and O–H groups in total. The molecule has 3 aromatic rings. The highest BCUT2D eigenvalue weighted by Crippen LogP contribution is 2.30. The highest BCUT2D eigenvalue weighted by molar-refractivity contribution is 6.32. The van der Waals surface area contributed by atoms with Crippen LogP contribution in [0.3, 0.4) is 0 Å². The Bertz CT molecular complexity index is 1090. The molecule has 0 fully saturated rings. The normalized spacial score (nSPS) is 11.3. The lowest BCUT2D eigenvalue weighted by Crippen LogP contribution is -2.27. The maximum atomic E-state index is 12.7. The van der Waals surface area contributed by atoms with Gasteiger partial charge in [-0.05, 0) is 42.2 Å². The van der Waals surface area contributed by atoms with E-state index in [1.807, 2.05) is 29.6 Å². The van der Waals surface area contributed by atoms with Crippen molar-refractivity contribution in [1.29, 1.82) is 0 Å². The van der Waals surface area contributed by atoms with Crippen LogP contribution < -0.4 is 4.90 Å². The Morgan fingerprint density at radius 3 is 2.50 bits per heavy atom. The Kier molecular flexibility index (Phi) is 6.78. The monoisotopic (exact) mass is 445 g/mol. The molecule has 0 spiro atoms. The number of ketones is 1. The minimum atomic E-state index is 0.0274. The van der Waals surface area contributed by atoms with E-state index in [9.17, 15) is 4.79 Å². The molecule has 3 rings (SSSR count). The second-order valence-corrected chi connectivity index (χ2v) is 8.45. The van der Waals surface area contributed by atoms with E-state index >= 15 is 0 Å². The third-order valence-electron chi connectivity index (χ3n) is 4.85. The van der Waals surface area contributed by atoms with Crippen molar-refractivity contribution in [1.82, 2.24) is 19.7 Å². The fourth-order valence-corrected chi connectivity index (χ4v) is 4.02. The van der Waals surface area contributed by atoms with E-state index in [0.29, 0.717) is 12.5 Å². The maximum absolute atomic E-state index is 12.7. The lowest BCUT2D eigenvalue weighted by molar-refractivity contribution is -0.117. The maximum Gasteiger partial charge on any atom is 0.161 e. The molecule has 3 aromatic heterocycles. The molecule has 0 radical (unpaired) electrons. The van der Waals surface area contributed by atoms with Crippen molar-refractivity contribution in [3.05, 3.63) is 58.0 Å². The number of hydrogen-bond acceptors (Lipinski definition) is 5. The van der Waals surface area contributed by atoms with Gasteiger partial charge in [0.15, 0.2) is 11.4 Å². The standard InChI is InChI=1S/C22H25Cl2N5O/c1-6-7-29-22-21(14(4)27-29)17(13(2)3)11-20(26-22)28(5)12-16(30)8-15-9-18(23)25-19(24)10-15/h6,9-11,13H,1,7-8,12H2,2-5H3. The Morgan fingerprint density at radius 1 is 1.23 bits per heavy atom. The van der Waals surface area contributed by atoms with Crippen LogP contribution in [0, 0.1) is 6.92 Å². The summed E-state index contributed by atoms with van der Waals surface area (Å²) >= 11 is 11.9. The quantitative estimate of drug-likeness (QED) is 0.360. The van der Waals surface area contributed by atoms with E-state index < -0.39 is 0 Å². The molecule has 6 nitrogen and oxygen atoms in total. The lowest BCUT2D eigenvalue weighted by atomic mass is 9.99. The van der Waals surface area contributed by atoms with E-state index in [1.54, 1.807) is 18.2 Å². The summed E-state index contributed by atoms with van der Waals surface area (Å²) in [5.74, 6) is 1.05. The number of carbonyl (C=O) groups is 1. The van der Waals surface area contributed by atoms with Crippen LogP contribution in [0.25, 0.3) is 11.0 Å². The summed E-state index contributed by atoms with van der Waals surface area (Å²) in [4.78, 5) is 23.3. The molecule has 8 heteroatoms. The van der Waals surface area contributed by atoms with E-state index in [-0.39, 0.29) is 29.1 Å². The fraction of sp³-hybridized carbons (Fsp3) is 0.364. The van der Waals surface area contributed by atoms with Gasteiger partial charge in [-0.25, -0.2) is 14.6 Å². The van der Waals surface area contributed by atoms with Gasteiger partial charge in [-0.15, -0.1) is 6.58 Å². The van der Waals surface area contributed by atoms with Crippen LogP contribution in [0.5, 0.6) is 0 Å². The predicted octanol–water partition coefficient (Wildman–Crippen LogP) is 5.00. The fourth-order valence-electron chi connectivity index (χ4n) is 3.52. The van der Waals surface area contributed by atoms with Crippen LogP contribution in [0.15, 0.2) is 30.9 Å². The van der Waals surface area contributed by atoms with E-state index in [2.05, 4.69) is 30.5 Å². The van der Waals surface area contributed by atoms with Gasteiger partial charge in [0.2, 0.25) is 0 Å². The van der Waals surface area contributed by atoms with Crippen molar-refractivity contribution in [2.45, 2.75) is 39.7 Å². The van der Waals surface area contributed by atoms with Gasteiger partial charge in [-0.1, -0.05) is 43.1 Å². The number of carbonyl (C=O) groups excluding carboxylic acids is 1. The number of likely N-dealkylation sites (N-methyl/N-ethyl adjacent to an activating group) is 1. The SMILES string of the molecule is C=CCn1nc(C)c2c(C(C)C)cc(N(C)CC(=O)Cc3cc(Cl)nc(Cl)c3)nc21. The molecular weight excluding hydrogens is 421 g/mol. The first-order chi connectivity index (χ1) is 14.2. The highest BCUT2D eigenvalue weighted by atomic mass is 35.5. The summed E-state index contributed by atoms with van der Waals surface area (Å²) in [5.41, 5.74) is 3.65. The molecule has 0 aliphatic rings. The van der Waals surface area contributed by atoms with Crippen LogP contribution in [0.4, 0.5) is 5.82 Å². The van der Waals surface area contributed by atoms with Gasteiger partial charge >= 0.3 is 0 Å². The van der Waals surface area contributed by atoms with Crippen molar-refractivity contribution < 1.29 is 4.79 Å². The van der Waals surface area contributed by atoms with E-state index in [0.717, 1.165) is 33.7 Å². The summed E-state index contributed by atoms with van der Waals surface area (Å²) in [5, 5.41) is 6.24. The summed E-state index contributed by atoms with van der Waals surface area (Å²) < 4.78 is 1.85. The van der Waals surface area contributed by atoms with E-state index in [4.69, 9.17) is 28.2 Å². The first-order valence-electron chi connectivity index (χ1n) is 9.73. The molecule has 0 saturated carbocycles. The number of anilines is 1. The van der Waals surface area contributed by atoms with Crippen LogP contribution in [-0.2, 0) is 17.8 Å². The van der Waals surface area contributed by atoms with Crippen LogP contribution >= 0.6 is 23.2 Å². The average Bonchev–Trinajstić information content (AvgIpc) is 2.96. The molecule has 30 heavy (non-hydrogen) atoms. The third-order valence-corrected chi connectivity index (χ3v) is 5.23. The van der Waals surface area contributed by atoms with Crippen LogP contribution in [-0.4, -0.2) is 39.1 Å². The number of fused-ring (bicyclic) bond motifs is 1. The van der Waals surface area contributed by atoms with Crippen LogP contribution in [0.1, 0.15) is 36.6 Å². The number of hydrogen-bond donors (Lipinski definition) is 0. The van der Waals surface area contributed by atoms with Crippen LogP contribution in [0.2, 0.25) is 10.3 Å². The predicted molar refractivity (Wildman–Crippen MR) is 123 cm³/mol. The number of allylic oxidation sites excluding steroid dienone is 1. The largest absolute Gasteiger partial charge is 0.352 e. The van der Waals surface area contributed by atoms with Gasteiger partial charge in [0.1, 0.15) is 16.1 Å². The number of Topliss-reactive ketones (excluding diaryl/α,β-unsaturated/α-hetero) is 1. The topological polar surface area (TPSA) is 63.9 Å². The van der Waals surface area contributed by atoms with Crippen molar-refractivity contribution in [3.63, 3.8) is 0 Å². The van der Waals surface area contributed by atoms with Gasteiger partial charge in [0, 0.05) is 18.9 Å². The van der Waals surface area contributed by atoms with Crippen molar-refractivity contribution in [2.75, 3.05) is 18.5 Å². The zero-order valence-electron chi connectivity index (χ0n) is 17.6. The molecule has 3 heterocycles. The number of pyridine rings is 2. The molecule has 0 aliphatic carbocycles. The molecular formula is C22H25Cl2N5O. The summed E-state index contributed by atoms with van der Waals surface area (Å²) in [6, 6.07) is 5.36. The number of nitrogens with zero attached hydrogens (tertiary/aromatic N) is 5. The first kappa shape index (κ1) is 22.2. The molecule has 0 saturated heterocycles. The zero-order valence-corrected chi connectivity index (χ0v) is 19.1. The van der Waals surface area contributed by atoms with Gasteiger partial charge in [-0.2, -0.15) is 5.10 Å². The Labute approximate surface area is 186 Å². The molecule has 0 aliphatic heterocycles. The van der Waals surface area contributed by atoms with Crippen molar-refractivity contribution in [3.8, 4) is 0 Å². The molecule has 0 atom stereocenters. The molecule has 0 aromatic carbocycles. The molecule has 0 amide bonds. The molecule has 158 valence electrons. The van der Waals surface area contributed by atoms with Gasteiger partial charge < -0.3 is 4.90 Å². The Morgan fingerprint density at radius 2 is 1.90 bits per heavy atom. The van der Waals surface area contributed by atoms with E-state index in [1.165, 1.54) is 0 Å². The number of rotatable bonds is 8. The van der Waals surface area contributed by atoms with Gasteiger partial charge in [0.25, 0.3) is 0 Å². The third kappa shape index (κ3) is 4.82. The highest BCUT2D eigenvalue weighted by Gasteiger charge is 2.19. The summed E-state index contributed by atoms with van der Waals surface area (Å²) in [7, 11) is 1.86. The van der Waals surface area contributed by atoms with Crippen molar-refractivity contribution in [2.24, 2.45) is 0 Å². The minimum Gasteiger partial charge on any atom is -0.352 e. The summed E-state index contributed by atoms with van der Waals surface area (Å²) in [6.07, 6.45) is 2.02. The first-order valence-corrected chi connectivity index (χ1v) is 10.5.